The van der Waals surface area contributed by atoms with Crippen LogP contribution in [0.1, 0.15) is 65.2 Å². The maximum atomic E-state index is 15.3. The number of hydrogen-bond donors (Lipinski definition) is 0. The van der Waals surface area contributed by atoms with Crippen molar-refractivity contribution in [1.82, 2.24) is 0 Å². The standard InChI is InChI=1S/C52H34F12O4/c1-31-6-10-33(11-7-31)45(65)35-14-22-41(23-15-35)67-43-26-18-37(19-27-43)47(49(53,54)55,50(56,57)58)39-4-3-5-40(30-39)48(51(59,60)61,52(62,63)64)38-20-28-44(29-21-38)68-42-24-16-36(17-25-42)46(66)34-12-8-32(2)9-13-34/h3-30H,1-2H3. The predicted molar refractivity (Wildman–Crippen MR) is 227 cm³/mol. The molecule has 0 heterocycles. The Morgan fingerprint density at radius 3 is 0.809 bits per heavy atom. The van der Waals surface area contributed by atoms with Gasteiger partial charge in [0.05, 0.1) is 0 Å². The number of hydrogen-bond acceptors (Lipinski definition) is 4. The van der Waals surface area contributed by atoms with Crippen molar-refractivity contribution < 1.29 is 71.7 Å². The molecule has 0 atom stereocenters. The Balaban J connectivity index is 1.22. The Hall–Kier alpha value is -7.36. The van der Waals surface area contributed by atoms with Gasteiger partial charge < -0.3 is 9.47 Å². The van der Waals surface area contributed by atoms with Gasteiger partial charge in [-0.3, -0.25) is 9.59 Å². The minimum Gasteiger partial charge on any atom is -0.457 e. The van der Waals surface area contributed by atoms with Crippen LogP contribution in [0.5, 0.6) is 23.0 Å². The van der Waals surface area contributed by atoms with Crippen LogP contribution in [0.15, 0.2) is 170 Å². The van der Waals surface area contributed by atoms with Crippen molar-refractivity contribution in [2.24, 2.45) is 0 Å². The van der Waals surface area contributed by atoms with E-state index >= 15 is 52.7 Å². The summed E-state index contributed by atoms with van der Waals surface area (Å²) >= 11 is 0. The largest absolute Gasteiger partial charge is 0.457 e. The van der Waals surface area contributed by atoms with Gasteiger partial charge in [0.1, 0.15) is 23.0 Å². The van der Waals surface area contributed by atoms with Gasteiger partial charge in [-0.15, -0.1) is 0 Å². The molecule has 0 aromatic heterocycles. The number of alkyl halides is 12. The van der Waals surface area contributed by atoms with Gasteiger partial charge >= 0.3 is 24.7 Å². The summed E-state index contributed by atoms with van der Waals surface area (Å²) in [6.45, 7) is 3.66. The molecule has 0 spiro atoms. The third-order valence-electron chi connectivity index (χ3n) is 11.3. The molecule has 7 aromatic carbocycles. The second kappa shape index (κ2) is 18.0. The van der Waals surface area contributed by atoms with Crippen LogP contribution in [0, 0.1) is 13.8 Å². The van der Waals surface area contributed by atoms with Crippen molar-refractivity contribution in [3.05, 3.63) is 225 Å². The van der Waals surface area contributed by atoms with Gasteiger partial charge in [-0.25, -0.2) is 0 Å². The first-order valence-electron chi connectivity index (χ1n) is 20.2. The summed E-state index contributed by atoms with van der Waals surface area (Å²) in [5.41, 5.74) is -14.5. The van der Waals surface area contributed by atoms with Crippen molar-refractivity contribution in [3.63, 3.8) is 0 Å². The van der Waals surface area contributed by atoms with Crippen molar-refractivity contribution in [2.45, 2.75) is 49.4 Å². The van der Waals surface area contributed by atoms with Gasteiger partial charge in [0.2, 0.25) is 10.8 Å². The molecule has 16 heteroatoms. The van der Waals surface area contributed by atoms with E-state index in [-0.39, 0.29) is 70.0 Å². The number of carbonyl (C=O) groups is 2. The average molecular weight is 951 g/mol. The first kappa shape index (κ1) is 48.6. The zero-order valence-electron chi connectivity index (χ0n) is 35.3. The zero-order chi connectivity index (χ0) is 49.5. The summed E-state index contributed by atoms with van der Waals surface area (Å²) in [5.74, 6) is -1.27. The van der Waals surface area contributed by atoms with Gasteiger partial charge in [0, 0.05) is 22.3 Å². The van der Waals surface area contributed by atoms with Gasteiger partial charge in [-0.2, -0.15) is 52.7 Å². The lowest BCUT2D eigenvalue weighted by Crippen LogP contribution is -2.56. The molecule has 0 amide bonds. The zero-order valence-corrected chi connectivity index (χ0v) is 35.3. The summed E-state index contributed by atoms with van der Waals surface area (Å²) in [6.07, 6.45) is -25.6. The average Bonchev–Trinajstić information content (AvgIpc) is 3.27. The third-order valence-corrected chi connectivity index (χ3v) is 11.3. The lowest BCUT2D eigenvalue weighted by atomic mass is 9.68. The number of carbonyl (C=O) groups excluding carboxylic acids is 2. The van der Waals surface area contributed by atoms with Gasteiger partial charge in [0.15, 0.2) is 11.6 Å². The first-order chi connectivity index (χ1) is 31.9. The first-order valence-corrected chi connectivity index (χ1v) is 20.2. The molecule has 0 bridgehead atoms. The van der Waals surface area contributed by atoms with E-state index in [0.29, 0.717) is 35.4 Å². The smallest absolute Gasteiger partial charge is 0.411 e. The highest BCUT2D eigenvalue weighted by molar-refractivity contribution is 6.09. The third kappa shape index (κ3) is 9.06. The maximum Gasteiger partial charge on any atom is 0.411 e. The molecule has 0 fully saturated rings. The summed E-state index contributed by atoms with van der Waals surface area (Å²) in [6, 6.07) is 28.6. The van der Waals surface area contributed by atoms with Crippen molar-refractivity contribution in [3.8, 4) is 23.0 Å². The Morgan fingerprint density at radius 1 is 0.324 bits per heavy atom. The van der Waals surface area contributed by atoms with E-state index < -0.39 is 57.8 Å². The molecule has 7 aromatic rings. The van der Waals surface area contributed by atoms with Gasteiger partial charge in [-0.1, -0.05) is 108 Å². The van der Waals surface area contributed by atoms with E-state index in [0.717, 1.165) is 35.4 Å². The van der Waals surface area contributed by atoms with E-state index in [1.165, 1.54) is 48.5 Å². The second-order valence-electron chi connectivity index (χ2n) is 15.8. The lowest BCUT2D eigenvalue weighted by molar-refractivity contribution is -0.289. The number of benzene rings is 7. The molecule has 350 valence electrons. The van der Waals surface area contributed by atoms with Crippen molar-refractivity contribution in [2.75, 3.05) is 0 Å². The molecule has 0 aliphatic carbocycles. The number of ketones is 2. The highest BCUT2D eigenvalue weighted by Crippen LogP contribution is 2.60. The fraction of sp³-hybridized carbons (Fsp3) is 0.154. The van der Waals surface area contributed by atoms with Crippen LogP contribution in [0.3, 0.4) is 0 Å². The van der Waals surface area contributed by atoms with Crippen LogP contribution in [0.2, 0.25) is 0 Å². The molecule has 0 aliphatic rings. The van der Waals surface area contributed by atoms with E-state index in [1.54, 1.807) is 48.5 Å². The highest BCUT2D eigenvalue weighted by Gasteiger charge is 2.75. The molecule has 0 N–H and O–H groups in total. The van der Waals surface area contributed by atoms with Crippen LogP contribution in [-0.2, 0) is 10.8 Å². The number of aryl methyl sites for hydroxylation is 2. The number of halogens is 12. The topological polar surface area (TPSA) is 52.6 Å². The summed E-state index contributed by atoms with van der Waals surface area (Å²) in [7, 11) is 0. The molecule has 0 unspecified atom stereocenters. The van der Waals surface area contributed by atoms with Crippen LogP contribution in [0.25, 0.3) is 0 Å². The van der Waals surface area contributed by atoms with E-state index in [2.05, 4.69) is 0 Å². The SMILES string of the molecule is Cc1ccc(C(=O)c2ccc(Oc3ccc(C(c4cccc(C(c5ccc(Oc6ccc(C(=O)c7ccc(C)cc7)cc6)cc5)(C(F)(F)F)C(F)(F)F)c4)(C(F)(F)F)C(F)(F)F)cc3)cc2)cc1. The second-order valence-corrected chi connectivity index (χ2v) is 15.8. The van der Waals surface area contributed by atoms with Gasteiger partial charge in [-0.05, 0) is 109 Å². The normalized spacial score (nSPS) is 12.7. The Labute approximate surface area is 380 Å². The Morgan fingerprint density at radius 2 is 0.559 bits per heavy atom. The van der Waals surface area contributed by atoms with Crippen LogP contribution >= 0.6 is 0 Å². The molecular formula is C52H34F12O4. The van der Waals surface area contributed by atoms with E-state index in [9.17, 15) is 9.59 Å². The minimum absolute atomic E-state index is 0.0139. The molecule has 4 nitrogen and oxygen atoms in total. The molecule has 0 saturated heterocycles. The highest BCUT2D eigenvalue weighted by atomic mass is 19.4. The number of ether oxygens (including phenoxy) is 2. The molecular weight excluding hydrogens is 917 g/mol. The van der Waals surface area contributed by atoms with Crippen molar-refractivity contribution in [1.29, 1.82) is 0 Å². The Kier molecular flexibility index (Phi) is 12.9. The molecule has 68 heavy (non-hydrogen) atoms. The maximum absolute atomic E-state index is 15.3. The minimum atomic E-state index is -6.41. The summed E-state index contributed by atoms with van der Waals surface area (Å²) < 4.78 is 195. The van der Waals surface area contributed by atoms with Crippen molar-refractivity contribution >= 4 is 11.6 Å². The fourth-order valence-electron chi connectivity index (χ4n) is 7.86. The lowest BCUT2D eigenvalue weighted by Gasteiger charge is -2.41. The molecule has 0 radical (unpaired) electrons. The molecule has 0 aliphatic heterocycles. The quantitative estimate of drug-likeness (QED) is 0.0905. The van der Waals surface area contributed by atoms with E-state index in [1.807, 2.05) is 13.8 Å². The molecule has 7 rings (SSSR count). The van der Waals surface area contributed by atoms with Crippen LogP contribution in [-0.4, -0.2) is 36.3 Å². The van der Waals surface area contributed by atoms with E-state index in [4.69, 9.17) is 9.47 Å². The van der Waals surface area contributed by atoms with Crippen LogP contribution in [0.4, 0.5) is 52.7 Å². The predicted octanol–water partition coefficient (Wildman–Crippen LogP) is 15.2. The van der Waals surface area contributed by atoms with Gasteiger partial charge in [0.25, 0.3) is 0 Å². The summed E-state index contributed by atoms with van der Waals surface area (Å²) in [5, 5.41) is 0. The Bertz CT molecular complexity index is 2670. The fourth-order valence-corrected chi connectivity index (χ4v) is 7.86. The summed E-state index contributed by atoms with van der Waals surface area (Å²) in [4.78, 5) is 25.7. The number of rotatable bonds is 12. The molecule has 0 saturated carbocycles. The monoisotopic (exact) mass is 950 g/mol. The van der Waals surface area contributed by atoms with Crippen LogP contribution < -0.4 is 9.47 Å².